The van der Waals surface area contributed by atoms with E-state index >= 15 is 0 Å². The summed E-state index contributed by atoms with van der Waals surface area (Å²) in [5.74, 6) is 0.521. The van der Waals surface area contributed by atoms with Crippen LogP contribution in [-0.2, 0) is 0 Å². The maximum absolute atomic E-state index is 6.34. The minimum atomic E-state index is 0.307. The fraction of sp³-hybridized carbons (Fsp3) is 0.357. The smallest absolute Gasteiger partial charge is 0.0704 e. The number of benzene rings is 1. The van der Waals surface area contributed by atoms with Crippen molar-refractivity contribution in [2.24, 2.45) is 0 Å². The monoisotopic (exact) mass is 231 g/mol. The van der Waals surface area contributed by atoms with Gasteiger partial charge in [-0.25, -0.2) is 0 Å². The summed E-state index contributed by atoms with van der Waals surface area (Å²) in [5, 5.41) is 1.51. The van der Waals surface area contributed by atoms with Gasteiger partial charge in [0.2, 0.25) is 0 Å². The highest BCUT2D eigenvalue weighted by Gasteiger charge is 2.26. The molecule has 1 aromatic carbocycles. The lowest BCUT2D eigenvalue weighted by atomic mass is 9.96. The van der Waals surface area contributed by atoms with Gasteiger partial charge in [-0.05, 0) is 30.5 Å². The van der Waals surface area contributed by atoms with Gasteiger partial charge in [0.15, 0.2) is 0 Å². The number of fused-ring (bicyclic) bond motifs is 1. The number of halogens is 1. The number of aromatic nitrogens is 1. The van der Waals surface area contributed by atoms with Gasteiger partial charge in [-0.15, -0.1) is 11.6 Å². The molecule has 2 heteroatoms. The molecule has 3 rings (SSSR count). The zero-order valence-electron chi connectivity index (χ0n) is 9.07. The molecular formula is C14H14ClN. The summed E-state index contributed by atoms with van der Waals surface area (Å²) in [6, 6.07) is 10.6. The first-order valence-corrected chi connectivity index (χ1v) is 6.27. The maximum Gasteiger partial charge on any atom is 0.0704 e. The lowest BCUT2D eigenvalue weighted by molar-refractivity contribution is 0.731. The van der Waals surface area contributed by atoms with Crippen molar-refractivity contribution in [3.8, 4) is 0 Å². The number of hydrogen-bond acceptors (Lipinski definition) is 1. The van der Waals surface area contributed by atoms with Crippen LogP contribution in [0.2, 0.25) is 0 Å². The van der Waals surface area contributed by atoms with E-state index in [1.807, 2.05) is 12.3 Å². The number of nitrogens with zero attached hydrogens (tertiary/aromatic N) is 1. The van der Waals surface area contributed by atoms with Gasteiger partial charge in [-0.3, -0.25) is 4.98 Å². The molecule has 1 heterocycles. The molecule has 0 radical (unpaired) electrons. The first-order valence-electron chi connectivity index (χ1n) is 5.83. The first kappa shape index (κ1) is 10.1. The summed E-state index contributed by atoms with van der Waals surface area (Å²) in [4.78, 5) is 4.40. The Balaban J connectivity index is 2.04. The van der Waals surface area contributed by atoms with Crippen molar-refractivity contribution in [3.63, 3.8) is 0 Å². The molecule has 1 saturated carbocycles. The highest BCUT2D eigenvalue weighted by Crippen LogP contribution is 2.38. The van der Waals surface area contributed by atoms with Gasteiger partial charge in [0, 0.05) is 22.9 Å². The zero-order chi connectivity index (χ0) is 11.0. The minimum absolute atomic E-state index is 0.307. The van der Waals surface area contributed by atoms with E-state index in [4.69, 9.17) is 11.6 Å². The van der Waals surface area contributed by atoms with Gasteiger partial charge in [0.25, 0.3) is 0 Å². The van der Waals surface area contributed by atoms with Crippen LogP contribution >= 0.6 is 11.6 Å². The van der Waals surface area contributed by atoms with Crippen LogP contribution in [0.1, 0.15) is 30.7 Å². The Hall–Kier alpha value is -1.08. The van der Waals surface area contributed by atoms with E-state index in [1.165, 1.54) is 23.8 Å². The number of hydrogen-bond donors (Lipinski definition) is 0. The number of rotatable bonds is 1. The molecule has 0 spiro atoms. The molecule has 2 aromatic rings. The van der Waals surface area contributed by atoms with E-state index in [2.05, 4.69) is 29.2 Å². The fourth-order valence-corrected chi connectivity index (χ4v) is 3.03. The Kier molecular flexibility index (Phi) is 2.56. The Labute approximate surface area is 100 Å². The molecule has 82 valence electrons. The van der Waals surface area contributed by atoms with Crippen molar-refractivity contribution in [1.29, 1.82) is 0 Å². The van der Waals surface area contributed by atoms with Crippen LogP contribution in [0.4, 0.5) is 0 Å². The van der Waals surface area contributed by atoms with Crippen molar-refractivity contribution < 1.29 is 0 Å². The van der Waals surface area contributed by atoms with Crippen LogP contribution in [0.15, 0.2) is 36.5 Å². The molecule has 1 nitrogen and oxygen atoms in total. The van der Waals surface area contributed by atoms with Crippen LogP contribution in [0, 0.1) is 0 Å². The average Bonchev–Trinajstić information content (AvgIpc) is 2.75. The molecule has 0 amide bonds. The summed E-state index contributed by atoms with van der Waals surface area (Å²) in [7, 11) is 0. The molecular weight excluding hydrogens is 218 g/mol. The van der Waals surface area contributed by atoms with E-state index in [9.17, 15) is 0 Å². The molecule has 1 fully saturated rings. The molecule has 0 bridgehead atoms. The van der Waals surface area contributed by atoms with Gasteiger partial charge in [0.05, 0.1) is 5.52 Å². The molecule has 2 unspecified atom stereocenters. The molecule has 1 aliphatic rings. The Bertz CT molecular complexity index is 509. The molecule has 0 saturated heterocycles. The van der Waals surface area contributed by atoms with Gasteiger partial charge >= 0.3 is 0 Å². The summed E-state index contributed by atoms with van der Waals surface area (Å²) >= 11 is 6.34. The van der Waals surface area contributed by atoms with Crippen LogP contribution in [0.5, 0.6) is 0 Å². The van der Waals surface area contributed by atoms with Gasteiger partial charge in [0.1, 0.15) is 0 Å². The Morgan fingerprint density at radius 2 is 2.12 bits per heavy atom. The molecule has 0 N–H and O–H groups in total. The lowest BCUT2D eigenvalue weighted by Gasteiger charge is -2.14. The summed E-state index contributed by atoms with van der Waals surface area (Å²) in [6.45, 7) is 0. The minimum Gasteiger partial charge on any atom is -0.256 e. The summed E-state index contributed by atoms with van der Waals surface area (Å²) in [5.41, 5.74) is 2.43. The third-order valence-electron chi connectivity index (χ3n) is 3.49. The Morgan fingerprint density at radius 3 is 2.94 bits per heavy atom. The van der Waals surface area contributed by atoms with Gasteiger partial charge < -0.3 is 0 Å². The Morgan fingerprint density at radius 1 is 1.19 bits per heavy atom. The van der Waals surface area contributed by atoms with Gasteiger partial charge in [-0.2, -0.15) is 0 Å². The van der Waals surface area contributed by atoms with E-state index in [0.717, 1.165) is 11.9 Å². The van der Waals surface area contributed by atoms with Gasteiger partial charge in [-0.1, -0.05) is 24.6 Å². The fourth-order valence-electron chi connectivity index (χ4n) is 2.60. The topological polar surface area (TPSA) is 12.9 Å². The quantitative estimate of drug-likeness (QED) is 0.673. The third-order valence-corrected chi connectivity index (χ3v) is 4.01. The van der Waals surface area contributed by atoms with Crippen LogP contribution < -0.4 is 0 Å². The predicted molar refractivity (Wildman–Crippen MR) is 68.0 cm³/mol. The normalized spacial score (nSPS) is 25.1. The second-order valence-electron chi connectivity index (χ2n) is 4.51. The van der Waals surface area contributed by atoms with E-state index in [0.29, 0.717) is 11.3 Å². The first-order chi connectivity index (χ1) is 7.84. The summed E-state index contributed by atoms with van der Waals surface area (Å²) < 4.78 is 0. The van der Waals surface area contributed by atoms with Crippen molar-refractivity contribution in [1.82, 2.24) is 4.98 Å². The molecule has 16 heavy (non-hydrogen) atoms. The second-order valence-corrected chi connectivity index (χ2v) is 5.07. The van der Waals surface area contributed by atoms with Crippen molar-refractivity contribution >= 4 is 22.5 Å². The molecule has 1 aromatic heterocycles. The highest BCUT2D eigenvalue weighted by atomic mass is 35.5. The zero-order valence-corrected chi connectivity index (χ0v) is 9.82. The number of pyridine rings is 1. The SMILES string of the molecule is ClC1CCCC1c1ccc2cccnc2c1. The molecule has 2 atom stereocenters. The van der Waals surface area contributed by atoms with Crippen LogP contribution in [0.3, 0.4) is 0 Å². The van der Waals surface area contributed by atoms with E-state index in [1.54, 1.807) is 0 Å². The standard InChI is InChI=1S/C14H14ClN/c15-13-5-1-4-12(13)11-7-6-10-3-2-8-16-14(10)9-11/h2-3,6-9,12-13H,1,4-5H2. The van der Waals surface area contributed by atoms with Crippen LogP contribution in [-0.4, -0.2) is 10.4 Å². The average molecular weight is 232 g/mol. The molecule has 0 aliphatic heterocycles. The summed E-state index contributed by atoms with van der Waals surface area (Å²) in [6.07, 6.45) is 5.46. The van der Waals surface area contributed by atoms with Crippen LogP contribution in [0.25, 0.3) is 10.9 Å². The lowest BCUT2D eigenvalue weighted by Crippen LogP contribution is -2.04. The second kappa shape index (κ2) is 4.06. The van der Waals surface area contributed by atoms with E-state index in [-0.39, 0.29) is 0 Å². The van der Waals surface area contributed by atoms with Crippen molar-refractivity contribution in [2.45, 2.75) is 30.6 Å². The molecule has 1 aliphatic carbocycles. The van der Waals surface area contributed by atoms with Crippen molar-refractivity contribution in [3.05, 3.63) is 42.1 Å². The maximum atomic E-state index is 6.34. The van der Waals surface area contributed by atoms with Crippen molar-refractivity contribution in [2.75, 3.05) is 0 Å². The van der Waals surface area contributed by atoms with E-state index < -0.39 is 0 Å². The largest absolute Gasteiger partial charge is 0.256 e. The predicted octanol–water partition coefficient (Wildman–Crippen LogP) is 4.11. The number of alkyl halides is 1. The third kappa shape index (κ3) is 1.69. The highest BCUT2D eigenvalue weighted by molar-refractivity contribution is 6.21.